The Morgan fingerprint density at radius 2 is 2.00 bits per heavy atom. The van der Waals surface area contributed by atoms with Crippen LogP contribution in [0.15, 0.2) is 17.0 Å². The first-order chi connectivity index (χ1) is 9.31. The molecule has 0 radical (unpaired) electrons. The number of anilines is 1. The van der Waals surface area contributed by atoms with Crippen LogP contribution in [-0.2, 0) is 10.0 Å². The Labute approximate surface area is 121 Å². The average Bonchev–Trinajstić information content (AvgIpc) is 3.19. The zero-order valence-corrected chi connectivity index (χ0v) is 13.1. The van der Waals surface area contributed by atoms with Crippen LogP contribution in [0.5, 0.6) is 0 Å². The van der Waals surface area contributed by atoms with Crippen molar-refractivity contribution in [2.24, 2.45) is 0 Å². The van der Waals surface area contributed by atoms with Gasteiger partial charge in [-0.05, 0) is 57.0 Å². The summed E-state index contributed by atoms with van der Waals surface area (Å²) >= 11 is 0. The molecule has 0 atom stereocenters. The molecule has 1 fully saturated rings. The summed E-state index contributed by atoms with van der Waals surface area (Å²) < 4.78 is 27.1. The molecule has 0 amide bonds. The highest BCUT2D eigenvalue weighted by Gasteiger charge is 2.26. The van der Waals surface area contributed by atoms with Crippen molar-refractivity contribution >= 4 is 15.7 Å². The summed E-state index contributed by atoms with van der Waals surface area (Å²) in [5.74, 6) is 0. The topological polar surface area (TPSA) is 75.4 Å². The minimum atomic E-state index is -3.48. The van der Waals surface area contributed by atoms with Crippen molar-refractivity contribution in [2.45, 2.75) is 37.6 Å². The van der Waals surface area contributed by atoms with Crippen LogP contribution in [0.3, 0.4) is 0 Å². The number of nitrogen functional groups attached to an aromatic ring is 1. The molecule has 0 unspecified atom stereocenters. The van der Waals surface area contributed by atoms with Crippen LogP contribution >= 0.6 is 0 Å². The molecular formula is C14H23N3O2S. The lowest BCUT2D eigenvalue weighted by molar-refractivity contribution is 0.329. The van der Waals surface area contributed by atoms with Gasteiger partial charge in [-0.1, -0.05) is 0 Å². The van der Waals surface area contributed by atoms with Crippen LogP contribution in [0, 0.1) is 13.8 Å². The number of nitrogens with two attached hydrogens (primary N) is 1. The van der Waals surface area contributed by atoms with Gasteiger partial charge in [0.1, 0.15) is 0 Å². The van der Waals surface area contributed by atoms with Crippen molar-refractivity contribution in [3.63, 3.8) is 0 Å². The smallest absolute Gasteiger partial charge is 0.240 e. The fourth-order valence-electron chi connectivity index (χ4n) is 2.15. The molecule has 0 aliphatic heterocycles. The fourth-order valence-corrected chi connectivity index (χ4v) is 3.29. The lowest BCUT2D eigenvalue weighted by Crippen LogP contribution is -2.34. The lowest BCUT2D eigenvalue weighted by Gasteiger charge is -2.16. The predicted octanol–water partition coefficient (Wildman–Crippen LogP) is 1.26. The number of likely N-dealkylation sites (N-methyl/N-ethyl adjacent to an activating group) is 1. The van der Waals surface area contributed by atoms with Crippen molar-refractivity contribution in [1.29, 1.82) is 0 Å². The maximum absolute atomic E-state index is 12.2. The Morgan fingerprint density at radius 3 is 2.55 bits per heavy atom. The number of sulfonamides is 1. The van der Waals surface area contributed by atoms with Crippen molar-refractivity contribution in [2.75, 3.05) is 25.9 Å². The van der Waals surface area contributed by atoms with Gasteiger partial charge in [0.15, 0.2) is 0 Å². The van der Waals surface area contributed by atoms with Gasteiger partial charge in [-0.3, -0.25) is 0 Å². The third-order valence-electron chi connectivity index (χ3n) is 3.92. The molecule has 1 aromatic rings. The van der Waals surface area contributed by atoms with Gasteiger partial charge in [0, 0.05) is 24.8 Å². The number of rotatable bonds is 6. The minimum Gasteiger partial charge on any atom is -0.398 e. The largest absolute Gasteiger partial charge is 0.398 e. The third kappa shape index (κ3) is 3.50. The number of aryl methyl sites for hydroxylation is 1. The highest BCUT2D eigenvalue weighted by molar-refractivity contribution is 7.89. The van der Waals surface area contributed by atoms with E-state index in [1.807, 2.05) is 20.9 Å². The SMILES string of the molecule is Cc1cc(S(=O)(=O)NCCN(C)C2CC2)cc(N)c1C. The molecule has 1 aromatic carbocycles. The number of nitrogens with zero attached hydrogens (tertiary/aromatic N) is 1. The molecule has 1 saturated carbocycles. The molecule has 0 saturated heterocycles. The van der Waals surface area contributed by atoms with Gasteiger partial charge in [-0.15, -0.1) is 0 Å². The van der Waals surface area contributed by atoms with Crippen molar-refractivity contribution in [3.05, 3.63) is 23.3 Å². The molecule has 0 spiro atoms. The van der Waals surface area contributed by atoms with E-state index >= 15 is 0 Å². The van der Waals surface area contributed by atoms with E-state index in [9.17, 15) is 8.42 Å². The second-order valence-electron chi connectivity index (χ2n) is 5.56. The van der Waals surface area contributed by atoms with E-state index in [1.54, 1.807) is 6.07 Å². The molecule has 1 aliphatic carbocycles. The summed E-state index contributed by atoms with van der Waals surface area (Å²) in [7, 11) is -1.45. The molecule has 2 rings (SSSR count). The minimum absolute atomic E-state index is 0.243. The first kappa shape index (κ1) is 15.3. The summed E-state index contributed by atoms with van der Waals surface area (Å²) in [4.78, 5) is 2.43. The molecule has 20 heavy (non-hydrogen) atoms. The molecule has 1 aliphatic rings. The van der Waals surface area contributed by atoms with E-state index in [0.717, 1.165) is 17.7 Å². The van der Waals surface area contributed by atoms with Crippen molar-refractivity contribution < 1.29 is 8.42 Å². The van der Waals surface area contributed by atoms with Gasteiger partial charge in [0.2, 0.25) is 10.0 Å². The molecule has 0 aromatic heterocycles. The summed E-state index contributed by atoms with van der Waals surface area (Å²) in [6.45, 7) is 4.90. The third-order valence-corrected chi connectivity index (χ3v) is 5.36. The molecule has 0 bridgehead atoms. The van der Waals surface area contributed by atoms with E-state index in [0.29, 0.717) is 18.3 Å². The van der Waals surface area contributed by atoms with E-state index in [4.69, 9.17) is 5.73 Å². The Hall–Kier alpha value is -1.11. The predicted molar refractivity (Wildman–Crippen MR) is 81.2 cm³/mol. The Bertz CT molecular complexity index is 571. The quantitative estimate of drug-likeness (QED) is 0.775. The molecule has 112 valence electrons. The van der Waals surface area contributed by atoms with Gasteiger partial charge in [0.05, 0.1) is 4.90 Å². The van der Waals surface area contributed by atoms with Gasteiger partial charge < -0.3 is 10.6 Å². The van der Waals surface area contributed by atoms with Gasteiger partial charge in [0.25, 0.3) is 0 Å². The Balaban J connectivity index is 2.02. The van der Waals surface area contributed by atoms with Crippen LogP contribution in [0.4, 0.5) is 5.69 Å². The normalized spacial score (nSPS) is 15.8. The van der Waals surface area contributed by atoms with Crippen LogP contribution < -0.4 is 10.5 Å². The number of hydrogen-bond acceptors (Lipinski definition) is 4. The molecular weight excluding hydrogens is 274 g/mol. The van der Waals surface area contributed by atoms with Crippen molar-refractivity contribution in [3.8, 4) is 0 Å². The van der Waals surface area contributed by atoms with Gasteiger partial charge in [-0.2, -0.15) is 0 Å². The highest BCUT2D eigenvalue weighted by Crippen LogP contribution is 2.25. The molecule has 3 N–H and O–H groups in total. The second kappa shape index (κ2) is 5.71. The van der Waals surface area contributed by atoms with Crippen LogP contribution in [0.1, 0.15) is 24.0 Å². The molecule has 6 heteroatoms. The van der Waals surface area contributed by atoms with Crippen LogP contribution in [0.2, 0.25) is 0 Å². The lowest BCUT2D eigenvalue weighted by atomic mass is 10.1. The first-order valence-electron chi connectivity index (χ1n) is 6.88. The molecule has 5 nitrogen and oxygen atoms in total. The Morgan fingerprint density at radius 1 is 1.35 bits per heavy atom. The van der Waals surface area contributed by atoms with E-state index in [-0.39, 0.29) is 4.90 Å². The standard InChI is InChI=1S/C14H23N3O2S/c1-10-8-13(9-14(15)11(10)2)20(18,19)16-6-7-17(3)12-4-5-12/h8-9,12,16H,4-7,15H2,1-3H3. The molecule has 0 heterocycles. The van der Waals surface area contributed by atoms with E-state index < -0.39 is 10.0 Å². The van der Waals surface area contributed by atoms with E-state index in [2.05, 4.69) is 9.62 Å². The number of benzene rings is 1. The average molecular weight is 297 g/mol. The summed E-state index contributed by atoms with van der Waals surface area (Å²) in [6.07, 6.45) is 2.44. The zero-order chi connectivity index (χ0) is 14.9. The Kier molecular flexibility index (Phi) is 4.36. The van der Waals surface area contributed by atoms with Gasteiger partial charge in [-0.25, -0.2) is 13.1 Å². The maximum atomic E-state index is 12.2. The van der Waals surface area contributed by atoms with Gasteiger partial charge >= 0.3 is 0 Å². The fraction of sp³-hybridized carbons (Fsp3) is 0.571. The number of nitrogens with one attached hydrogen (secondary N) is 1. The first-order valence-corrected chi connectivity index (χ1v) is 8.36. The van der Waals surface area contributed by atoms with Crippen LogP contribution in [-0.4, -0.2) is 39.5 Å². The summed E-state index contributed by atoms with van der Waals surface area (Å²) in [5, 5.41) is 0. The van der Waals surface area contributed by atoms with Crippen LogP contribution in [0.25, 0.3) is 0 Å². The second-order valence-corrected chi connectivity index (χ2v) is 7.33. The monoisotopic (exact) mass is 297 g/mol. The number of hydrogen-bond donors (Lipinski definition) is 2. The summed E-state index contributed by atoms with van der Waals surface area (Å²) in [6, 6.07) is 3.82. The van der Waals surface area contributed by atoms with Crippen molar-refractivity contribution in [1.82, 2.24) is 9.62 Å². The van der Waals surface area contributed by atoms with E-state index in [1.165, 1.54) is 18.9 Å². The highest BCUT2D eigenvalue weighted by atomic mass is 32.2. The maximum Gasteiger partial charge on any atom is 0.240 e. The zero-order valence-electron chi connectivity index (χ0n) is 12.3. The summed E-state index contributed by atoms with van der Waals surface area (Å²) in [5.41, 5.74) is 8.17.